The number of benzene rings is 3. The Kier molecular flexibility index (Phi) is 4.93. The Balaban J connectivity index is 2.40. The van der Waals surface area contributed by atoms with Crippen LogP contribution in [-0.2, 0) is 5.11 Å². The molecule has 0 fully saturated rings. The fourth-order valence-corrected chi connectivity index (χ4v) is 2.61. The highest BCUT2D eigenvalue weighted by Crippen LogP contribution is 2.44. The summed E-state index contributed by atoms with van der Waals surface area (Å²) < 4.78 is 136. The molecule has 0 aliphatic heterocycles. The van der Waals surface area contributed by atoms with E-state index in [1.807, 2.05) is 0 Å². The normalized spacial score (nSPS) is 11.2. The second-order valence-electron chi connectivity index (χ2n) is 5.57. The lowest BCUT2D eigenvalue weighted by atomic mass is 9.95. The van der Waals surface area contributed by atoms with Gasteiger partial charge in [0, 0.05) is 11.1 Å². The van der Waals surface area contributed by atoms with Gasteiger partial charge in [-0.2, -0.15) is 0 Å². The van der Waals surface area contributed by atoms with Crippen molar-refractivity contribution in [2.75, 3.05) is 0 Å². The first-order valence-corrected chi connectivity index (χ1v) is 7.34. The fraction of sp³-hybridized carbons (Fsp3) is 0. The van der Waals surface area contributed by atoms with Gasteiger partial charge in [0.2, 0.25) is 11.6 Å². The molecule has 1 nitrogen and oxygen atoms in total. The second-order valence-corrected chi connectivity index (χ2v) is 5.57. The highest BCUT2D eigenvalue weighted by Gasteiger charge is 2.32. The van der Waals surface area contributed by atoms with Crippen LogP contribution >= 0.6 is 0 Å². The minimum absolute atomic E-state index is 0.552. The molecule has 0 aliphatic rings. The largest absolute Gasteiger partial charge is 0.289 e. The highest BCUT2D eigenvalue weighted by molar-refractivity contribution is 5.83. The van der Waals surface area contributed by atoms with E-state index in [2.05, 4.69) is 0 Å². The predicted octanol–water partition coefficient (Wildman–Crippen LogP) is 6.56. The van der Waals surface area contributed by atoms with Gasteiger partial charge in [0.1, 0.15) is 0 Å². The molecule has 151 valence electrons. The summed E-state index contributed by atoms with van der Waals surface area (Å²) in [5.41, 5.74) is -5.95. The third kappa shape index (κ3) is 2.88. The maximum absolute atomic E-state index is 14.0. The topological polar surface area (TPSA) is 19.9 Å². The summed E-state index contributed by atoms with van der Waals surface area (Å²) >= 11 is 0. The van der Waals surface area contributed by atoms with Gasteiger partial charge in [-0.1, -0.05) is 18.2 Å². The van der Waals surface area contributed by atoms with Crippen LogP contribution in [0.25, 0.3) is 22.3 Å². The molecular weight excluding hydrogens is 422 g/mol. The van der Waals surface area contributed by atoms with Crippen LogP contribution in [0.15, 0.2) is 18.2 Å². The van der Waals surface area contributed by atoms with Crippen molar-refractivity contribution < 1.29 is 49.0 Å². The molecule has 0 atom stereocenters. The average Bonchev–Trinajstić information content (AvgIpc) is 2.70. The van der Waals surface area contributed by atoms with Crippen LogP contribution in [0.1, 0.15) is 0 Å². The van der Waals surface area contributed by atoms with E-state index in [0.717, 1.165) is 0 Å². The first kappa shape index (κ1) is 20.5. The van der Waals surface area contributed by atoms with Gasteiger partial charge in [0.25, 0.3) is 0 Å². The van der Waals surface area contributed by atoms with Gasteiger partial charge in [-0.3, -0.25) is 5.11 Å². The summed E-state index contributed by atoms with van der Waals surface area (Å²) in [7, 11) is 0. The van der Waals surface area contributed by atoms with E-state index in [-0.39, 0.29) is 0 Å². The van der Waals surface area contributed by atoms with Gasteiger partial charge in [0.15, 0.2) is 52.3 Å². The van der Waals surface area contributed by atoms with Crippen LogP contribution in [-0.4, -0.2) is 0 Å². The number of rotatable bonds is 2. The van der Waals surface area contributed by atoms with E-state index in [1.54, 1.807) is 0 Å². The van der Waals surface area contributed by atoms with E-state index in [9.17, 15) is 49.0 Å². The van der Waals surface area contributed by atoms with Crippen LogP contribution < -0.4 is 0 Å². The van der Waals surface area contributed by atoms with Crippen LogP contribution in [0.3, 0.4) is 0 Å². The standard InChI is InChI=1S/C18H3F10O/c19-8-6(9(20)13(24)16(27)12(8)23)4-2-1-3-5(18(4)29)7-10(21)14(25)17(28)15(26)11(7)22/h1-3H. The molecule has 0 heterocycles. The molecule has 0 saturated heterocycles. The summed E-state index contributed by atoms with van der Waals surface area (Å²) in [4.78, 5) is 0. The Labute approximate surface area is 154 Å². The lowest BCUT2D eigenvalue weighted by molar-refractivity contribution is 0.353. The summed E-state index contributed by atoms with van der Waals surface area (Å²) in [5, 5.41) is 12.4. The van der Waals surface area contributed by atoms with Gasteiger partial charge in [-0.05, 0) is 0 Å². The van der Waals surface area contributed by atoms with Crippen LogP contribution in [0.2, 0.25) is 0 Å². The number of hydrogen-bond acceptors (Lipinski definition) is 0. The zero-order valence-corrected chi connectivity index (χ0v) is 13.4. The van der Waals surface area contributed by atoms with Crippen molar-refractivity contribution in [2.24, 2.45) is 0 Å². The first-order valence-electron chi connectivity index (χ1n) is 7.34. The van der Waals surface area contributed by atoms with Gasteiger partial charge in [-0.25, -0.2) is 43.9 Å². The van der Waals surface area contributed by atoms with Crippen molar-refractivity contribution in [1.82, 2.24) is 0 Å². The molecule has 3 rings (SSSR count). The van der Waals surface area contributed by atoms with E-state index >= 15 is 0 Å². The Bertz CT molecular complexity index is 1030. The Morgan fingerprint density at radius 3 is 0.931 bits per heavy atom. The molecule has 0 bridgehead atoms. The monoisotopic (exact) mass is 425 g/mol. The molecule has 0 aliphatic carbocycles. The first-order chi connectivity index (χ1) is 13.5. The molecule has 0 spiro atoms. The fourth-order valence-electron chi connectivity index (χ4n) is 2.61. The number of halogens is 10. The zero-order chi connectivity index (χ0) is 21.8. The Morgan fingerprint density at radius 1 is 0.414 bits per heavy atom. The lowest BCUT2D eigenvalue weighted by Crippen LogP contribution is -2.05. The number of para-hydroxylation sites is 1. The highest BCUT2D eigenvalue weighted by atomic mass is 19.2. The third-order valence-corrected chi connectivity index (χ3v) is 3.97. The van der Waals surface area contributed by atoms with Gasteiger partial charge < -0.3 is 0 Å². The molecule has 0 unspecified atom stereocenters. The smallest absolute Gasteiger partial charge is 0.200 e. The molecule has 3 aromatic rings. The molecule has 11 heteroatoms. The predicted molar refractivity (Wildman–Crippen MR) is 77.0 cm³/mol. The molecule has 0 N–H and O–H groups in total. The van der Waals surface area contributed by atoms with E-state index in [0.29, 0.717) is 18.2 Å². The second kappa shape index (κ2) is 6.98. The van der Waals surface area contributed by atoms with Crippen LogP contribution in [0.4, 0.5) is 43.9 Å². The summed E-state index contributed by atoms with van der Waals surface area (Å²) in [6, 6.07) is 1.80. The summed E-state index contributed by atoms with van der Waals surface area (Å²) in [5.74, 6) is -26.1. The van der Waals surface area contributed by atoms with Crippen LogP contribution in [0, 0.1) is 58.2 Å². The molecular formula is C18H3F10O. The van der Waals surface area contributed by atoms with E-state index in [4.69, 9.17) is 0 Å². The van der Waals surface area contributed by atoms with Gasteiger partial charge >= 0.3 is 0 Å². The van der Waals surface area contributed by atoms with E-state index in [1.165, 1.54) is 0 Å². The molecule has 0 aromatic heterocycles. The Hall–Kier alpha value is -3.24. The molecule has 0 saturated carbocycles. The molecule has 3 aromatic carbocycles. The number of hydrogen-bond donors (Lipinski definition) is 0. The molecule has 1 radical (unpaired) electrons. The SMILES string of the molecule is [O]c1c(-c2c(F)c(F)c(F)c(F)c2F)cccc1-c1c(F)c(F)c(F)c(F)c1F. The van der Waals surface area contributed by atoms with Crippen molar-refractivity contribution in [3.05, 3.63) is 76.4 Å². The van der Waals surface area contributed by atoms with Gasteiger partial charge in [0.05, 0.1) is 11.1 Å². The van der Waals surface area contributed by atoms with Crippen molar-refractivity contribution in [2.45, 2.75) is 0 Å². The van der Waals surface area contributed by atoms with Crippen molar-refractivity contribution in [3.63, 3.8) is 0 Å². The summed E-state index contributed by atoms with van der Waals surface area (Å²) in [6.45, 7) is 0. The lowest BCUT2D eigenvalue weighted by Gasteiger charge is -2.13. The van der Waals surface area contributed by atoms with Crippen molar-refractivity contribution >= 4 is 0 Å². The van der Waals surface area contributed by atoms with Crippen LogP contribution in [0.5, 0.6) is 5.75 Å². The Morgan fingerprint density at radius 2 is 0.655 bits per heavy atom. The molecule has 29 heavy (non-hydrogen) atoms. The van der Waals surface area contributed by atoms with Gasteiger partial charge in [-0.15, -0.1) is 0 Å². The van der Waals surface area contributed by atoms with Crippen molar-refractivity contribution in [3.8, 4) is 28.0 Å². The molecule has 0 amide bonds. The quantitative estimate of drug-likeness (QED) is 0.252. The minimum Gasteiger partial charge on any atom is -0.289 e. The minimum atomic E-state index is -2.52. The zero-order valence-electron chi connectivity index (χ0n) is 13.4. The maximum Gasteiger partial charge on any atom is 0.200 e. The van der Waals surface area contributed by atoms with E-state index < -0.39 is 86.2 Å². The maximum atomic E-state index is 14.0. The average molecular weight is 425 g/mol. The summed E-state index contributed by atoms with van der Waals surface area (Å²) in [6.07, 6.45) is 0. The van der Waals surface area contributed by atoms with Crippen molar-refractivity contribution in [1.29, 1.82) is 0 Å². The third-order valence-electron chi connectivity index (χ3n) is 3.97.